The van der Waals surface area contributed by atoms with E-state index in [1.165, 1.54) is 11.1 Å². The highest BCUT2D eigenvalue weighted by Crippen LogP contribution is 2.30. The van der Waals surface area contributed by atoms with Gasteiger partial charge < -0.3 is 10.2 Å². The molecule has 0 unspecified atom stereocenters. The maximum atomic E-state index is 13.2. The lowest BCUT2D eigenvalue weighted by Gasteiger charge is -2.25. The molecule has 4 rings (SSSR count). The molecule has 0 saturated carbocycles. The van der Waals surface area contributed by atoms with E-state index in [2.05, 4.69) is 34.7 Å². The van der Waals surface area contributed by atoms with Gasteiger partial charge in [-0.3, -0.25) is 9.48 Å². The van der Waals surface area contributed by atoms with E-state index in [0.29, 0.717) is 13.1 Å². The van der Waals surface area contributed by atoms with Crippen LogP contribution in [0.4, 0.5) is 0 Å². The fourth-order valence-corrected chi connectivity index (χ4v) is 4.09. The lowest BCUT2D eigenvalue weighted by molar-refractivity contribution is -0.134. The predicted octanol–water partition coefficient (Wildman–Crippen LogP) is 3.05. The van der Waals surface area contributed by atoms with Crippen molar-refractivity contribution in [1.29, 1.82) is 0 Å². The largest absolute Gasteiger partial charge is 0.341 e. The van der Waals surface area contributed by atoms with E-state index in [4.69, 9.17) is 0 Å². The van der Waals surface area contributed by atoms with E-state index < -0.39 is 0 Å². The topological polar surface area (TPSA) is 50.2 Å². The first-order valence-electron chi connectivity index (χ1n) is 9.71. The van der Waals surface area contributed by atoms with E-state index in [1.54, 1.807) is 4.68 Å². The Balaban J connectivity index is 1.53. The summed E-state index contributed by atoms with van der Waals surface area (Å²) in [5, 5.41) is 7.66. The van der Waals surface area contributed by atoms with Gasteiger partial charge in [0.1, 0.15) is 0 Å². The number of rotatable bonds is 5. The molecule has 1 saturated heterocycles. The number of benzene rings is 2. The fraction of sp³-hybridized carbons (Fsp3) is 0.304. The summed E-state index contributed by atoms with van der Waals surface area (Å²) in [4.78, 5) is 15.1. The monoisotopic (exact) mass is 374 g/mol. The molecule has 1 aliphatic heterocycles. The van der Waals surface area contributed by atoms with E-state index in [9.17, 15) is 4.79 Å². The molecule has 2 atom stereocenters. The first-order chi connectivity index (χ1) is 13.6. The van der Waals surface area contributed by atoms with Gasteiger partial charge in [0.15, 0.2) is 0 Å². The highest BCUT2D eigenvalue weighted by molar-refractivity contribution is 5.81. The van der Waals surface area contributed by atoms with Gasteiger partial charge >= 0.3 is 0 Å². The zero-order valence-corrected chi connectivity index (χ0v) is 16.4. The van der Waals surface area contributed by atoms with E-state index in [1.807, 2.05) is 61.7 Å². The van der Waals surface area contributed by atoms with Gasteiger partial charge in [-0.05, 0) is 22.3 Å². The molecule has 0 bridgehead atoms. The molecule has 1 aromatic heterocycles. The molecule has 0 spiro atoms. The number of amides is 1. The number of carbonyl (C=O) groups excluding carboxylic acids is 1. The van der Waals surface area contributed by atoms with Crippen LogP contribution in [0.25, 0.3) is 11.1 Å². The van der Waals surface area contributed by atoms with Gasteiger partial charge in [-0.1, -0.05) is 54.6 Å². The first-order valence-corrected chi connectivity index (χ1v) is 9.71. The summed E-state index contributed by atoms with van der Waals surface area (Å²) in [6.45, 7) is 2.12. The SMILES string of the molecule is CN(Cc1ccccc1-c1ccccc1)C(=O)[C@H]1CNC[C@@H]1c1cnn(C)c1. The van der Waals surface area contributed by atoms with Gasteiger partial charge in [0.25, 0.3) is 0 Å². The Bertz CT molecular complexity index is 950. The third-order valence-electron chi connectivity index (χ3n) is 5.57. The number of hydrogen-bond acceptors (Lipinski definition) is 3. The molecule has 5 nitrogen and oxygen atoms in total. The smallest absolute Gasteiger partial charge is 0.227 e. The number of aromatic nitrogens is 2. The fourth-order valence-electron chi connectivity index (χ4n) is 4.09. The molecular formula is C23H26N4O. The van der Waals surface area contributed by atoms with Gasteiger partial charge in [-0.25, -0.2) is 0 Å². The van der Waals surface area contributed by atoms with Crippen LogP contribution in [0.1, 0.15) is 17.0 Å². The van der Waals surface area contributed by atoms with Crippen molar-refractivity contribution in [2.24, 2.45) is 13.0 Å². The van der Waals surface area contributed by atoms with Crippen LogP contribution in [0, 0.1) is 5.92 Å². The Kier molecular flexibility index (Phi) is 5.26. The second-order valence-corrected chi connectivity index (χ2v) is 7.54. The zero-order valence-electron chi connectivity index (χ0n) is 16.4. The minimum absolute atomic E-state index is 0.0573. The molecule has 1 fully saturated rings. The Hall–Kier alpha value is -2.92. The highest BCUT2D eigenvalue weighted by atomic mass is 16.2. The van der Waals surface area contributed by atoms with Crippen LogP contribution in [0.2, 0.25) is 0 Å². The molecule has 0 radical (unpaired) electrons. The van der Waals surface area contributed by atoms with E-state index in [-0.39, 0.29) is 17.7 Å². The minimum Gasteiger partial charge on any atom is -0.341 e. The molecule has 1 N–H and O–H groups in total. The van der Waals surface area contributed by atoms with Crippen LogP contribution in [-0.4, -0.2) is 40.7 Å². The van der Waals surface area contributed by atoms with Crippen molar-refractivity contribution in [2.75, 3.05) is 20.1 Å². The van der Waals surface area contributed by atoms with Gasteiger partial charge in [0.2, 0.25) is 5.91 Å². The van der Waals surface area contributed by atoms with Gasteiger partial charge in [0, 0.05) is 45.8 Å². The molecule has 5 heteroatoms. The molecule has 144 valence electrons. The van der Waals surface area contributed by atoms with E-state index >= 15 is 0 Å². The number of nitrogens with zero attached hydrogens (tertiary/aromatic N) is 3. The third-order valence-corrected chi connectivity index (χ3v) is 5.57. The average molecular weight is 374 g/mol. The Labute approximate surface area is 166 Å². The van der Waals surface area contributed by atoms with Gasteiger partial charge in [-0.2, -0.15) is 5.10 Å². The number of aryl methyl sites for hydroxylation is 1. The normalized spacial score (nSPS) is 18.9. The maximum absolute atomic E-state index is 13.2. The van der Waals surface area contributed by atoms with E-state index in [0.717, 1.165) is 17.7 Å². The standard InChI is InChI=1S/C23H26N4O/c1-26(15-18-10-6-7-11-20(18)17-8-4-3-5-9-17)23(28)22-14-24-13-21(22)19-12-25-27(2)16-19/h3-12,16,21-22,24H,13-15H2,1-2H3/t21-,22+/m1/s1. The molecule has 0 aliphatic carbocycles. The molecule has 2 aromatic carbocycles. The first kappa shape index (κ1) is 18.4. The Morgan fingerprint density at radius 2 is 1.89 bits per heavy atom. The Morgan fingerprint density at radius 1 is 1.14 bits per heavy atom. The average Bonchev–Trinajstić information content (AvgIpc) is 3.37. The quantitative estimate of drug-likeness (QED) is 0.747. The third kappa shape index (κ3) is 3.71. The summed E-state index contributed by atoms with van der Waals surface area (Å²) in [5.41, 5.74) is 4.64. The van der Waals surface area contributed by atoms with Crippen LogP contribution in [0.5, 0.6) is 0 Å². The van der Waals surface area contributed by atoms with Crippen molar-refractivity contribution in [3.05, 3.63) is 78.1 Å². The van der Waals surface area contributed by atoms with Crippen LogP contribution >= 0.6 is 0 Å². The van der Waals surface area contributed by atoms with Gasteiger partial charge in [-0.15, -0.1) is 0 Å². The van der Waals surface area contributed by atoms with Gasteiger partial charge in [0.05, 0.1) is 12.1 Å². The number of carbonyl (C=O) groups is 1. The summed E-state index contributed by atoms with van der Waals surface area (Å²) < 4.78 is 1.80. The van der Waals surface area contributed by atoms with Crippen molar-refractivity contribution in [2.45, 2.75) is 12.5 Å². The summed E-state index contributed by atoms with van der Waals surface area (Å²) in [6, 6.07) is 18.7. The molecule has 3 aromatic rings. The van der Waals surface area contributed by atoms with Crippen molar-refractivity contribution in [1.82, 2.24) is 20.0 Å². The summed E-state index contributed by atoms with van der Waals surface area (Å²) in [7, 11) is 3.82. The van der Waals surface area contributed by atoms with Crippen LogP contribution < -0.4 is 5.32 Å². The molecule has 28 heavy (non-hydrogen) atoms. The number of nitrogens with one attached hydrogen (secondary N) is 1. The van der Waals surface area contributed by atoms with Crippen LogP contribution in [0.15, 0.2) is 67.0 Å². The van der Waals surface area contributed by atoms with Crippen molar-refractivity contribution >= 4 is 5.91 Å². The minimum atomic E-state index is -0.0573. The number of hydrogen-bond donors (Lipinski definition) is 1. The molecule has 2 heterocycles. The Morgan fingerprint density at radius 3 is 2.64 bits per heavy atom. The zero-order chi connectivity index (χ0) is 19.5. The summed E-state index contributed by atoms with van der Waals surface area (Å²) in [6.07, 6.45) is 3.89. The second kappa shape index (κ2) is 7.98. The van der Waals surface area contributed by atoms with Crippen LogP contribution in [-0.2, 0) is 18.4 Å². The second-order valence-electron chi connectivity index (χ2n) is 7.54. The summed E-state index contributed by atoms with van der Waals surface area (Å²) in [5.74, 6) is 0.299. The maximum Gasteiger partial charge on any atom is 0.227 e. The summed E-state index contributed by atoms with van der Waals surface area (Å²) >= 11 is 0. The van der Waals surface area contributed by atoms with Crippen molar-refractivity contribution in [3.63, 3.8) is 0 Å². The van der Waals surface area contributed by atoms with Crippen molar-refractivity contribution in [3.8, 4) is 11.1 Å². The van der Waals surface area contributed by atoms with Crippen molar-refractivity contribution < 1.29 is 4.79 Å². The molecular weight excluding hydrogens is 348 g/mol. The predicted molar refractivity (Wildman–Crippen MR) is 111 cm³/mol. The lowest BCUT2D eigenvalue weighted by atomic mass is 9.89. The lowest BCUT2D eigenvalue weighted by Crippen LogP contribution is -2.35. The highest BCUT2D eigenvalue weighted by Gasteiger charge is 2.36. The van der Waals surface area contributed by atoms with Crippen LogP contribution in [0.3, 0.4) is 0 Å². The molecule has 1 amide bonds. The molecule has 1 aliphatic rings.